The van der Waals surface area contributed by atoms with E-state index in [2.05, 4.69) is 4.98 Å². The van der Waals surface area contributed by atoms with E-state index in [1.54, 1.807) is 48.0 Å². The van der Waals surface area contributed by atoms with Crippen LogP contribution in [0, 0.1) is 6.92 Å². The summed E-state index contributed by atoms with van der Waals surface area (Å²) in [5.41, 5.74) is 1.13. The molecular formula is C22H16N2O5S. The third-order valence-electron chi connectivity index (χ3n) is 5.60. The van der Waals surface area contributed by atoms with Gasteiger partial charge < -0.3 is 9.55 Å². The number of hydrogen-bond donors (Lipinski definition) is 2. The number of hydrogen-bond acceptors (Lipinski definition) is 4. The van der Waals surface area contributed by atoms with Crippen LogP contribution in [0.2, 0.25) is 0 Å². The quantitative estimate of drug-likeness (QED) is 0.320. The van der Waals surface area contributed by atoms with Gasteiger partial charge in [-0.3, -0.25) is 14.1 Å². The molecule has 0 spiro atoms. The summed E-state index contributed by atoms with van der Waals surface area (Å²) in [4.78, 5) is 28.9. The third kappa shape index (κ3) is 2.38. The van der Waals surface area contributed by atoms with Gasteiger partial charge in [-0.25, -0.2) is 0 Å². The summed E-state index contributed by atoms with van der Waals surface area (Å²) in [7, 11) is -3.14. The lowest BCUT2D eigenvalue weighted by Gasteiger charge is -2.16. The molecule has 3 aromatic carbocycles. The lowest BCUT2D eigenvalue weighted by Crippen LogP contribution is -2.17. The molecule has 0 saturated heterocycles. The molecule has 150 valence electrons. The number of nitrogens with zero attached hydrogens (tertiary/aromatic N) is 1. The summed E-state index contributed by atoms with van der Waals surface area (Å²) in [6.07, 6.45) is 0. The van der Waals surface area contributed by atoms with E-state index in [0.29, 0.717) is 21.8 Å². The molecule has 2 heterocycles. The SMILES string of the molecule is Cc1cccc2c(=O)c3c(S(=O)(=O)O)c4[nH]c5ccccc5c(=O)c4cc3n(C)c12. The zero-order chi connectivity index (χ0) is 21.4. The van der Waals surface area contributed by atoms with E-state index in [0.717, 1.165) is 5.56 Å². The van der Waals surface area contributed by atoms with Crippen molar-refractivity contribution in [2.75, 3.05) is 0 Å². The molecule has 0 saturated carbocycles. The van der Waals surface area contributed by atoms with E-state index in [4.69, 9.17) is 0 Å². The van der Waals surface area contributed by atoms with Gasteiger partial charge in [-0.15, -0.1) is 0 Å². The molecule has 0 unspecified atom stereocenters. The van der Waals surface area contributed by atoms with Crippen LogP contribution in [-0.4, -0.2) is 22.5 Å². The van der Waals surface area contributed by atoms with Crippen molar-refractivity contribution in [3.8, 4) is 0 Å². The molecule has 0 atom stereocenters. The smallest absolute Gasteiger partial charge is 0.297 e. The Balaban J connectivity index is 2.23. The number of rotatable bonds is 1. The number of aryl methyl sites for hydroxylation is 2. The van der Waals surface area contributed by atoms with Gasteiger partial charge in [0.15, 0.2) is 10.9 Å². The molecule has 0 amide bonds. The second-order valence-electron chi connectivity index (χ2n) is 7.36. The number of aromatic nitrogens is 2. The predicted molar refractivity (Wildman–Crippen MR) is 117 cm³/mol. The van der Waals surface area contributed by atoms with Crippen LogP contribution in [0.25, 0.3) is 43.6 Å². The molecule has 2 N–H and O–H groups in total. The van der Waals surface area contributed by atoms with Gasteiger partial charge in [0.05, 0.1) is 21.9 Å². The van der Waals surface area contributed by atoms with Gasteiger partial charge in [0.25, 0.3) is 10.1 Å². The summed E-state index contributed by atoms with van der Waals surface area (Å²) in [5.74, 6) is 0. The molecular weight excluding hydrogens is 404 g/mol. The fourth-order valence-corrected chi connectivity index (χ4v) is 5.18. The Morgan fingerprint density at radius 3 is 2.37 bits per heavy atom. The molecule has 0 bridgehead atoms. The van der Waals surface area contributed by atoms with E-state index < -0.39 is 20.4 Å². The molecule has 0 aliphatic heterocycles. The van der Waals surface area contributed by atoms with Crippen molar-refractivity contribution in [1.29, 1.82) is 0 Å². The minimum absolute atomic E-state index is 0.0803. The summed E-state index contributed by atoms with van der Waals surface area (Å²) < 4.78 is 36.7. The van der Waals surface area contributed by atoms with Gasteiger partial charge in [-0.1, -0.05) is 24.3 Å². The maximum Gasteiger partial charge on any atom is 0.297 e. The first-order chi connectivity index (χ1) is 14.2. The Hall–Kier alpha value is -3.49. The van der Waals surface area contributed by atoms with Gasteiger partial charge in [0.1, 0.15) is 4.90 Å². The van der Waals surface area contributed by atoms with Crippen molar-refractivity contribution in [2.45, 2.75) is 11.8 Å². The Labute approximate surface area is 169 Å². The largest absolute Gasteiger partial charge is 0.353 e. The summed E-state index contributed by atoms with van der Waals surface area (Å²) in [5, 5.41) is 0.637. The first kappa shape index (κ1) is 18.5. The molecule has 5 rings (SSSR count). The number of benzene rings is 3. The van der Waals surface area contributed by atoms with Crippen LogP contribution in [0.15, 0.2) is 63.0 Å². The maximum absolute atomic E-state index is 13.4. The number of pyridine rings is 2. The molecule has 0 aliphatic rings. The molecule has 0 aliphatic carbocycles. The molecule has 0 radical (unpaired) electrons. The van der Waals surface area contributed by atoms with Crippen molar-refractivity contribution in [1.82, 2.24) is 9.55 Å². The standard InChI is InChI=1S/C22H16N2O5S/c1-11-6-5-8-13-19(11)24(2)16-10-14-18(22(30(27,28)29)17(16)21(13)26)23-15-9-4-3-7-12(15)20(14)25/h3-10H,1-2H3,(H,23,25)(H,27,28,29). The van der Waals surface area contributed by atoms with E-state index in [9.17, 15) is 22.6 Å². The Morgan fingerprint density at radius 1 is 0.933 bits per heavy atom. The van der Waals surface area contributed by atoms with E-state index >= 15 is 0 Å². The van der Waals surface area contributed by atoms with E-state index in [1.807, 2.05) is 13.0 Å². The van der Waals surface area contributed by atoms with Crippen LogP contribution in [-0.2, 0) is 17.2 Å². The van der Waals surface area contributed by atoms with Crippen molar-refractivity contribution in [3.05, 3.63) is 74.5 Å². The first-order valence-electron chi connectivity index (χ1n) is 9.17. The van der Waals surface area contributed by atoms with Crippen molar-refractivity contribution < 1.29 is 13.0 Å². The Bertz CT molecular complexity index is 1780. The molecule has 2 aromatic heterocycles. The van der Waals surface area contributed by atoms with Crippen LogP contribution < -0.4 is 10.9 Å². The number of aromatic amines is 1. The van der Waals surface area contributed by atoms with Crippen molar-refractivity contribution >= 4 is 53.7 Å². The molecule has 0 fully saturated rings. The van der Waals surface area contributed by atoms with Crippen LogP contribution in [0.3, 0.4) is 0 Å². The predicted octanol–water partition coefficient (Wildman–Crippen LogP) is 3.24. The monoisotopic (exact) mass is 420 g/mol. The van der Waals surface area contributed by atoms with E-state index in [-0.39, 0.29) is 27.2 Å². The Kier molecular flexibility index (Phi) is 3.71. The van der Waals surface area contributed by atoms with Gasteiger partial charge >= 0.3 is 0 Å². The summed E-state index contributed by atoms with van der Waals surface area (Å²) >= 11 is 0. The van der Waals surface area contributed by atoms with Crippen molar-refractivity contribution in [3.63, 3.8) is 0 Å². The topological polar surface area (TPSA) is 109 Å². The van der Waals surface area contributed by atoms with E-state index in [1.165, 1.54) is 6.07 Å². The highest BCUT2D eigenvalue weighted by Crippen LogP contribution is 2.31. The normalized spacial score (nSPS) is 12.4. The highest BCUT2D eigenvalue weighted by molar-refractivity contribution is 7.86. The molecule has 5 aromatic rings. The second kappa shape index (κ2) is 6.01. The maximum atomic E-state index is 13.4. The third-order valence-corrected chi connectivity index (χ3v) is 6.52. The first-order valence-corrected chi connectivity index (χ1v) is 10.6. The number of para-hydroxylation sites is 2. The number of nitrogens with one attached hydrogen (secondary N) is 1. The fourth-order valence-electron chi connectivity index (χ4n) is 4.30. The van der Waals surface area contributed by atoms with Crippen LogP contribution in [0.5, 0.6) is 0 Å². The van der Waals surface area contributed by atoms with Gasteiger partial charge in [0, 0.05) is 28.7 Å². The van der Waals surface area contributed by atoms with Gasteiger partial charge in [-0.2, -0.15) is 8.42 Å². The average molecular weight is 420 g/mol. The van der Waals surface area contributed by atoms with Crippen LogP contribution in [0.1, 0.15) is 5.56 Å². The minimum atomic E-state index is -4.84. The van der Waals surface area contributed by atoms with Crippen LogP contribution in [0.4, 0.5) is 0 Å². The lowest BCUT2D eigenvalue weighted by atomic mass is 10.0. The number of fused-ring (bicyclic) bond motifs is 4. The lowest BCUT2D eigenvalue weighted by molar-refractivity contribution is 0.485. The number of H-pyrrole nitrogens is 1. The highest BCUT2D eigenvalue weighted by atomic mass is 32.2. The highest BCUT2D eigenvalue weighted by Gasteiger charge is 2.25. The van der Waals surface area contributed by atoms with Crippen molar-refractivity contribution in [2.24, 2.45) is 7.05 Å². The van der Waals surface area contributed by atoms with Gasteiger partial charge in [-0.05, 0) is 36.8 Å². The second-order valence-corrected chi connectivity index (χ2v) is 8.71. The van der Waals surface area contributed by atoms with Crippen LogP contribution >= 0.6 is 0 Å². The average Bonchev–Trinajstić information content (AvgIpc) is 2.70. The fraction of sp³-hybridized carbons (Fsp3) is 0.0909. The molecule has 8 heteroatoms. The molecule has 7 nitrogen and oxygen atoms in total. The molecule has 30 heavy (non-hydrogen) atoms. The zero-order valence-electron chi connectivity index (χ0n) is 16.1. The van der Waals surface area contributed by atoms with Gasteiger partial charge in [0.2, 0.25) is 0 Å². The zero-order valence-corrected chi connectivity index (χ0v) is 16.9. The summed E-state index contributed by atoms with van der Waals surface area (Å²) in [6.45, 7) is 1.85. The summed E-state index contributed by atoms with van der Waals surface area (Å²) in [6, 6.07) is 13.4. The minimum Gasteiger partial charge on any atom is -0.353 e. The Morgan fingerprint density at radius 2 is 1.63 bits per heavy atom.